The molecule has 3 rings (SSSR count). The van der Waals surface area contributed by atoms with Gasteiger partial charge in [-0.2, -0.15) is 43.2 Å². The number of ether oxygens (including phenoxy) is 4. The molecule has 0 atom stereocenters. The van der Waals surface area contributed by atoms with Gasteiger partial charge in [-0.1, -0.05) is 18.2 Å². The Labute approximate surface area is 263 Å². The topological polar surface area (TPSA) is 202 Å². The molecule has 0 bridgehead atoms. The number of rotatable bonds is 6. The van der Waals surface area contributed by atoms with Crippen molar-refractivity contribution in [2.75, 3.05) is 28.4 Å². The normalized spacial score (nSPS) is 11.0. The summed E-state index contributed by atoms with van der Waals surface area (Å²) < 4.78 is 139. The zero-order valence-corrected chi connectivity index (χ0v) is 25.9. The Morgan fingerprint density at radius 2 is 1.11 bits per heavy atom. The Morgan fingerprint density at radius 1 is 0.681 bits per heavy atom. The van der Waals surface area contributed by atoms with Crippen molar-refractivity contribution in [2.24, 2.45) is 0 Å². The lowest BCUT2D eigenvalue weighted by Crippen LogP contribution is -2.28. The molecule has 47 heavy (non-hydrogen) atoms. The predicted octanol–water partition coefficient (Wildman–Crippen LogP) is 4.37. The van der Waals surface area contributed by atoms with Crippen LogP contribution >= 0.6 is 0 Å². The molecule has 2 N–H and O–H groups in total. The summed E-state index contributed by atoms with van der Waals surface area (Å²) in [6.45, 7) is 0. The van der Waals surface area contributed by atoms with Crippen molar-refractivity contribution >= 4 is 32.2 Å². The lowest BCUT2D eigenvalue weighted by Gasteiger charge is -2.14. The summed E-state index contributed by atoms with van der Waals surface area (Å²) in [6, 6.07) is 13.8. The first-order chi connectivity index (χ1) is 21.6. The van der Waals surface area contributed by atoms with Crippen molar-refractivity contribution in [1.82, 2.24) is 4.98 Å². The summed E-state index contributed by atoms with van der Waals surface area (Å²) in [5.74, 6) is -2.85. The van der Waals surface area contributed by atoms with Gasteiger partial charge in [-0.05, 0) is 36.4 Å². The van der Waals surface area contributed by atoms with Crippen LogP contribution in [0.2, 0.25) is 0 Å². The fraction of sp³-hybridized carbons (Fsp3) is 0.240. The second-order valence-corrected chi connectivity index (χ2v) is 10.6. The fourth-order valence-corrected chi connectivity index (χ4v) is 2.95. The molecule has 262 valence electrons. The van der Waals surface area contributed by atoms with Gasteiger partial charge >= 0.3 is 43.2 Å². The molecular weight excluding hydrogens is 700 g/mol. The number of nitrogens with zero attached hydrogens (tertiary/aromatic N) is 1. The molecule has 0 spiro atoms. The second kappa shape index (κ2) is 18.3. The summed E-state index contributed by atoms with van der Waals surface area (Å²) in [5.41, 5.74) is -11.6. The number of carbonyl (C=O) groups excluding carboxylic acids is 2. The van der Waals surface area contributed by atoms with Crippen molar-refractivity contribution in [3.8, 4) is 23.0 Å². The van der Waals surface area contributed by atoms with Gasteiger partial charge in [-0.25, -0.2) is 9.59 Å². The van der Waals surface area contributed by atoms with Crippen molar-refractivity contribution in [3.05, 3.63) is 78.1 Å². The van der Waals surface area contributed by atoms with E-state index in [0.29, 0.717) is 0 Å². The number of carbonyl (C=O) groups is 2. The van der Waals surface area contributed by atoms with E-state index >= 15 is 0 Å². The summed E-state index contributed by atoms with van der Waals surface area (Å²) in [4.78, 5) is 26.3. The third-order valence-corrected chi connectivity index (χ3v) is 6.10. The molecule has 0 saturated carbocycles. The van der Waals surface area contributed by atoms with E-state index in [4.69, 9.17) is 17.7 Å². The van der Waals surface area contributed by atoms with E-state index in [1.165, 1.54) is 26.4 Å². The number of hydrogen-bond acceptors (Lipinski definition) is 13. The Bertz CT molecular complexity index is 1640. The van der Waals surface area contributed by atoms with E-state index in [1.807, 2.05) is 18.2 Å². The number of methoxy groups -OCH3 is 4. The number of esters is 2. The second-order valence-electron chi connectivity index (χ2n) is 7.61. The lowest BCUT2D eigenvalue weighted by atomic mass is 10.2. The van der Waals surface area contributed by atoms with Crippen LogP contribution in [0.15, 0.2) is 67.0 Å². The maximum atomic E-state index is 12.3. The fourth-order valence-electron chi connectivity index (χ4n) is 2.46. The van der Waals surface area contributed by atoms with Crippen molar-refractivity contribution < 1.29 is 85.6 Å². The number of aromatic nitrogens is 1. The highest BCUT2D eigenvalue weighted by Gasteiger charge is 2.49. The average molecular weight is 726 g/mol. The van der Waals surface area contributed by atoms with Crippen LogP contribution in [-0.4, -0.2) is 82.9 Å². The van der Waals surface area contributed by atoms with Gasteiger partial charge in [0.05, 0.1) is 28.4 Å². The zero-order valence-electron chi connectivity index (χ0n) is 24.3. The summed E-state index contributed by atoms with van der Waals surface area (Å²) in [7, 11) is -7.06. The number of hydrogen-bond donors (Lipinski definition) is 2. The maximum Gasteiger partial charge on any atom is 0.534 e. The molecule has 0 radical (unpaired) electrons. The van der Waals surface area contributed by atoms with Gasteiger partial charge in [0.15, 0.2) is 23.0 Å². The Hall–Kier alpha value is -4.83. The molecule has 0 unspecified atom stereocenters. The number of halogens is 6. The number of aromatic hydroxyl groups is 1. The van der Waals surface area contributed by atoms with Crippen LogP contribution in [0.1, 0.15) is 20.7 Å². The van der Waals surface area contributed by atoms with Gasteiger partial charge in [0.1, 0.15) is 11.1 Å². The molecule has 2 aromatic carbocycles. The third-order valence-electron chi connectivity index (χ3n) is 4.56. The highest BCUT2D eigenvalue weighted by atomic mass is 32.2. The summed E-state index contributed by atoms with van der Waals surface area (Å²) in [6.07, 6.45) is 3.50. The van der Waals surface area contributed by atoms with Crippen molar-refractivity contribution in [1.29, 1.82) is 0 Å². The minimum absolute atomic E-state index is 0.0989. The molecule has 3 aromatic rings. The number of pyridine rings is 1. The monoisotopic (exact) mass is 725 g/mol. The number of phenolic OH excluding ortho intramolecular Hbond substituents is 1. The molecule has 0 aliphatic heterocycles. The maximum absolute atomic E-state index is 12.3. The van der Waals surface area contributed by atoms with E-state index < -0.39 is 54.5 Å². The smallest absolute Gasteiger partial charge is 0.504 e. The van der Waals surface area contributed by atoms with Crippen LogP contribution in [0.3, 0.4) is 0 Å². The van der Waals surface area contributed by atoms with Gasteiger partial charge in [-0.3, -0.25) is 9.54 Å². The summed E-state index contributed by atoms with van der Waals surface area (Å²) in [5, 5.41) is 9.46. The molecule has 1 heterocycles. The first-order valence-electron chi connectivity index (χ1n) is 11.7. The SMILES string of the molecule is COC(=O)c1cccc(OC)c1O.COC(=O)c1cccc(OC)c1OS(=O)(=O)C(F)(F)F.O=S(=O)(O)C(F)(F)F.c1ccncc1. The lowest BCUT2D eigenvalue weighted by molar-refractivity contribution is -0.0512. The van der Waals surface area contributed by atoms with Crippen LogP contribution in [-0.2, 0) is 29.7 Å². The molecular formula is C25H25F6NO13S2. The average Bonchev–Trinajstić information content (AvgIpc) is 3.00. The van der Waals surface area contributed by atoms with Gasteiger partial charge in [0.2, 0.25) is 0 Å². The number of benzene rings is 2. The standard InChI is InChI=1S/C10H9F3O6S.C9H10O4.C5H5N.CHF3O3S/c1-17-7-5-3-4-6(9(14)18-2)8(7)19-20(15,16)10(11,12)13;1-12-7-5-3-4-6(8(7)10)9(11)13-2;1-2-4-6-5-3-1;2-1(3,4)8(5,6)7/h3-5H,1-2H3;3-5,10H,1-2H3;1-5H;(H,5,6,7). The van der Waals surface area contributed by atoms with E-state index in [9.17, 15) is 49.5 Å². The third kappa shape index (κ3) is 13.6. The van der Waals surface area contributed by atoms with Gasteiger partial charge in [0, 0.05) is 12.4 Å². The predicted molar refractivity (Wildman–Crippen MR) is 148 cm³/mol. The molecule has 0 aliphatic rings. The molecule has 0 amide bonds. The number of alkyl halides is 6. The van der Waals surface area contributed by atoms with Crippen LogP contribution in [0.5, 0.6) is 23.0 Å². The van der Waals surface area contributed by atoms with Crippen molar-refractivity contribution in [3.63, 3.8) is 0 Å². The van der Waals surface area contributed by atoms with Gasteiger partial charge < -0.3 is 28.2 Å². The molecule has 14 nitrogen and oxygen atoms in total. The molecule has 1 aromatic heterocycles. The van der Waals surface area contributed by atoms with Crippen LogP contribution < -0.4 is 13.7 Å². The number of phenols is 1. The Morgan fingerprint density at radius 3 is 1.45 bits per heavy atom. The zero-order chi connectivity index (χ0) is 36.6. The Kier molecular flexibility index (Phi) is 16.5. The molecule has 0 fully saturated rings. The number of para-hydroxylation sites is 2. The minimum atomic E-state index is -5.94. The van der Waals surface area contributed by atoms with Crippen molar-refractivity contribution in [2.45, 2.75) is 11.0 Å². The molecule has 0 aliphatic carbocycles. The van der Waals surface area contributed by atoms with Crippen LogP contribution in [0.4, 0.5) is 26.3 Å². The van der Waals surface area contributed by atoms with E-state index in [2.05, 4.69) is 23.4 Å². The van der Waals surface area contributed by atoms with Gasteiger partial charge in [-0.15, -0.1) is 0 Å². The largest absolute Gasteiger partial charge is 0.534 e. The van der Waals surface area contributed by atoms with E-state index in [-0.39, 0.29) is 22.8 Å². The van der Waals surface area contributed by atoms with Crippen LogP contribution in [0, 0.1) is 0 Å². The van der Waals surface area contributed by atoms with E-state index in [1.54, 1.807) is 24.5 Å². The van der Waals surface area contributed by atoms with Crippen LogP contribution in [0.25, 0.3) is 0 Å². The first kappa shape index (κ1) is 42.2. The highest BCUT2D eigenvalue weighted by Crippen LogP contribution is 2.36. The van der Waals surface area contributed by atoms with E-state index in [0.717, 1.165) is 26.4 Å². The minimum Gasteiger partial charge on any atom is -0.504 e. The molecule has 0 saturated heterocycles. The first-order valence-corrected chi connectivity index (χ1v) is 14.5. The molecule has 22 heteroatoms. The quantitative estimate of drug-likeness (QED) is 0.119. The highest BCUT2D eigenvalue weighted by molar-refractivity contribution is 7.88. The Balaban J connectivity index is 0.000000667. The summed E-state index contributed by atoms with van der Waals surface area (Å²) >= 11 is 0. The van der Waals surface area contributed by atoms with Gasteiger partial charge in [0.25, 0.3) is 0 Å².